The molecule has 0 unspecified atom stereocenters. The first kappa shape index (κ1) is 11.0. The molecular formula is C15H9FN4. The summed E-state index contributed by atoms with van der Waals surface area (Å²) < 4.78 is 13.0. The number of aromatic amines is 1. The van der Waals surface area contributed by atoms with Gasteiger partial charge in [0.25, 0.3) is 0 Å². The molecule has 0 aliphatic rings. The molecule has 0 fully saturated rings. The van der Waals surface area contributed by atoms with Crippen molar-refractivity contribution >= 4 is 21.8 Å². The van der Waals surface area contributed by atoms with E-state index in [0.717, 1.165) is 33.1 Å². The highest BCUT2D eigenvalue weighted by Crippen LogP contribution is 2.28. The number of nitrogens with one attached hydrogen (secondary N) is 1. The molecule has 4 aromatic rings. The Kier molecular flexibility index (Phi) is 2.26. The lowest BCUT2D eigenvalue weighted by Gasteiger charge is -1.99. The van der Waals surface area contributed by atoms with Crippen LogP contribution in [-0.2, 0) is 0 Å². The van der Waals surface area contributed by atoms with Crippen LogP contribution in [-0.4, -0.2) is 20.2 Å². The molecule has 2 aromatic heterocycles. The molecule has 2 heterocycles. The second kappa shape index (κ2) is 4.09. The first-order valence-corrected chi connectivity index (χ1v) is 6.15. The Bertz CT molecular complexity index is 912. The van der Waals surface area contributed by atoms with Gasteiger partial charge in [0.15, 0.2) is 0 Å². The monoisotopic (exact) mass is 264 g/mol. The average molecular weight is 264 g/mol. The molecule has 0 aliphatic carbocycles. The minimum absolute atomic E-state index is 0.258. The second-order valence-corrected chi connectivity index (χ2v) is 4.56. The van der Waals surface area contributed by atoms with Crippen LogP contribution in [0.5, 0.6) is 0 Å². The van der Waals surface area contributed by atoms with Crippen molar-refractivity contribution in [1.29, 1.82) is 0 Å². The third kappa shape index (κ3) is 1.64. The minimum atomic E-state index is -0.258. The summed E-state index contributed by atoms with van der Waals surface area (Å²) in [4.78, 5) is 8.25. The van der Waals surface area contributed by atoms with E-state index in [1.807, 2.05) is 12.1 Å². The summed E-state index contributed by atoms with van der Waals surface area (Å²) in [5.41, 5.74) is 3.43. The van der Waals surface area contributed by atoms with Crippen molar-refractivity contribution in [2.24, 2.45) is 0 Å². The lowest BCUT2D eigenvalue weighted by Crippen LogP contribution is -1.82. The van der Waals surface area contributed by atoms with Gasteiger partial charge < -0.3 is 0 Å². The Morgan fingerprint density at radius 2 is 1.90 bits per heavy atom. The number of hydrogen-bond acceptors (Lipinski definition) is 3. The molecule has 20 heavy (non-hydrogen) atoms. The van der Waals surface area contributed by atoms with Crippen molar-refractivity contribution in [1.82, 2.24) is 20.2 Å². The maximum absolute atomic E-state index is 13.0. The molecule has 1 N–H and O–H groups in total. The third-order valence-corrected chi connectivity index (χ3v) is 3.30. The molecule has 5 heteroatoms. The molecule has 0 radical (unpaired) electrons. The molecule has 2 aromatic carbocycles. The van der Waals surface area contributed by atoms with Gasteiger partial charge in [-0.3, -0.25) is 5.10 Å². The molecule has 4 nitrogen and oxygen atoms in total. The molecule has 0 atom stereocenters. The van der Waals surface area contributed by atoms with E-state index in [1.165, 1.54) is 18.5 Å². The molecular weight excluding hydrogens is 255 g/mol. The van der Waals surface area contributed by atoms with Crippen LogP contribution in [0.2, 0.25) is 0 Å². The van der Waals surface area contributed by atoms with E-state index in [9.17, 15) is 4.39 Å². The highest BCUT2D eigenvalue weighted by molar-refractivity contribution is 6.01. The molecule has 0 saturated carbocycles. The predicted octanol–water partition coefficient (Wildman–Crippen LogP) is 3.31. The minimum Gasteiger partial charge on any atom is -0.277 e. The number of halogens is 1. The van der Waals surface area contributed by atoms with Gasteiger partial charge in [-0.2, -0.15) is 5.10 Å². The van der Waals surface area contributed by atoms with Crippen molar-refractivity contribution < 1.29 is 4.39 Å². The van der Waals surface area contributed by atoms with E-state index in [2.05, 4.69) is 20.2 Å². The zero-order chi connectivity index (χ0) is 13.5. The highest BCUT2D eigenvalue weighted by Gasteiger charge is 2.09. The van der Waals surface area contributed by atoms with E-state index in [0.29, 0.717) is 0 Å². The summed E-state index contributed by atoms with van der Waals surface area (Å²) in [6.45, 7) is 0. The van der Waals surface area contributed by atoms with Gasteiger partial charge in [0.05, 0.1) is 16.7 Å². The fourth-order valence-electron chi connectivity index (χ4n) is 2.32. The van der Waals surface area contributed by atoms with Crippen LogP contribution >= 0.6 is 0 Å². The van der Waals surface area contributed by atoms with E-state index in [4.69, 9.17) is 0 Å². The van der Waals surface area contributed by atoms with Gasteiger partial charge in [0, 0.05) is 22.5 Å². The van der Waals surface area contributed by atoms with Crippen molar-refractivity contribution in [3.8, 4) is 11.3 Å². The van der Waals surface area contributed by atoms with Gasteiger partial charge in [0.1, 0.15) is 12.1 Å². The van der Waals surface area contributed by atoms with Gasteiger partial charge in [-0.25, -0.2) is 14.4 Å². The van der Waals surface area contributed by atoms with Gasteiger partial charge in [-0.05, 0) is 36.4 Å². The highest BCUT2D eigenvalue weighted by atomic mass is 19.1. The van der Waals surface area contributed by atoms with Crippen molar-refractivity contribution in [3.63, 3.8) is 0 Å². The normalized spacial score (nSPS) is 11.2. The van der Waals surface area contributed by atoms with Crippen LogP contribution in [0, 0.1) is 5.82 Å². The number of H-pyrrole nitrogens is 1. The van der Waals surface area contributed by atoms with Crippen LogP contribution in [0.3, 0.4) is 0 Å². The van der Waals surface area contributed by atoms with Crippen molar-refractivity contribution in [2.75, 3.05) is 0 Å². The predicted molar refractivity (Wildman–Crippen MR) is 74.6 cm³/mol. The standard InChI is InChI=1S/C15H9FN4/c16-11-3-1-9(2-4-11)15-12-6-13-10(7-17-8-18-13)5-14(12)19-20-15/h1-8H,(H,19,20). The summed E-state index contributed by atoms with van der Waals surface area (Å²) in [7, 11) is 0. The van der Waals surface area contributed by atoms with Crippen LogP contribution < -0.4 is 0 Å². The first-order valence-electron chi connectivity index (χ1n) is 6.15. The zero-order valence-electron chi connectivity index (χ0n) is 10.3. The summed E-state index contributed by atoms with van der Waals surface area (Å²) in [6.07, 6.45) is 3.28. The van der Waals surface area contributed by atoms with E-state index in [-0.39, 0.29) is 5.82 Å². The smallest absolute Gasteiger partial charge is 0.123 e. The second-order valence-electron chi connectivity index (χ2n) is 4.56. The lowest BCUT2D eigenvalue weighted by molar-refractivity contribution is 0.628. The molecule has 96 valence electrons. The number of benzene rings is 2. The van der Waals surface area contributed by atoms with Gasteiger partial charge in [0.2, 0.25) is 0 Å². The fraction of sp³-hybridized carbons (Fsp3) is 0. The lowest BCUT2D eigenvalue weighted by atomic mass is 10.1. The first-order chi connectivity index (χ1) is 9.81. The van der Waals surface area contributed by atoms with Crippen LogP contribution in [0.1, 0.15) is 0 Å². The summed E-state index contributed by atoms with van der Waals surface area (Å²) >= 11 is 0. The zero-order valence-corrected chi connectivity index (χ0v) is 10.3. The largest absolute Gasteiger partial charge is 0.277 e. The topological polar surface area (TPSA) is 54.5 Å². The molecule has 0 amide bonds. The fourth-order valence-corrected chi connectivity index (χ4v) is 2.32. The van der Waals surface area contributed by atoms with Crippen LogP contribution in [0.15, 0.2) is 48.9 Å². The summed E-state index contributed by atoms with van der Waals surface area (Å²) in [5, 5.41) is 9.23. The number of nitrogens with zero attached hydrogens (tertiary/aromatic N) is 3. The Morgan fingerprint density at radius 3 is 2.75 bits per heavy atom. The van der Waals surface area contributed by atoms with Gasteiger partial charge in [-0.15, -0.1) is 0 Å². The summed E-state index contributed by atoms with van der Waals surface area (Å²) in [6, 6.07) is 10.2. The Hall–Kier alpha value is -2.82. The third-order valence-electron chi connectivity index (χ3n) is 3.30. The van der Waals surface area contributed by atoms with Crippen molar-refractivity contribution in [2.45, 2.75) is 0 Å². The number of hydrogen-bond donors (Lipinski definition) is 1. The number of aromatic nitrogens is 4. The Morgan fingerprint density at radius 1 is 1.05 bits per heavy atom. The molecule has 0 spiro atoms. The molecule has 0 bridgehead atoms. The van der Waals surface area contributed by atoms with Crippen LogP contribution in [0.25, 0.3) is 33.1 Å². The number of fused-ring (bicyclic) bond motifs is 2. The molecule has 0 saturated heterocycles. The number of rotatable bonds is 1. The van der Waals surface area contributed by atoms with E-state index in [1.54, 1.807) is 18.3 Å². The SMILES string of the molecule is Fc1ccc(-c2n[nH]c3cc4cncnc4cc23)cc1. The van der Waals surface area contributed by atoms with Crippen molar-refractivity contribution in [3.05, 3.63) is 54.7 Å². The van der Waals surface area contributed by atoms with E-state index >= 15 is 0 Å². The summed E-state index contributed by atoms with van der Waals surface area (Å²) in [5.74, 6) is -0.258. The maximum atomic E-state index is 13.0. The molecule has 4 rings (SSSR count). The van der Waals surface area contributed by atoms with E-state index < -0.39 is 0 Å². The maximum Gasteiger partial charge on any atom is 0.123 e. The molecule has 0 aliphatic heterocycles. The van der Waals surface area contributed by atoms with Gasteiger partial charge >= 0.3 is 0 Å². The Labute approximate surface area is 113 Å². The van der Waals surface area contributed by atoms with Gasteiger partial charge in [-0.1, -0.05) is 0 Å². The Balaban J connectivity index is 2.00. The quantitative estimate of drug-likeness (QED) is 0.574. The average Bonchev–Trinajstić information content (AvgIpc) is 2.88. The van der Waals surface area contributed by atoms with Crippen LogP contribution in [0.4, 0.5) is 4.39 Å².